The van der Waals surface area contributed by atoms with Gasteiger partial charge in [0.15, 0.2) is 0 Å². The van der Waals surface area contributed by atoms with E-state index in [1.807, 2.05) is 31.2 Å². The van der Waals surface area contributed by atoms with Gasteiger partial charge in [-0.2, -0.15) is 0 Å². The minimum atomic E-state index is -0.0188. The lowest BCUT2D eigenvalue weighted by atomic mass is 10.1. The lowest BCUT2D eigenvalue weighted by Gasteiger charge is -2.17. The minimum Gasteiger partial charge on any atom is -0.348 e. The Hall–Kier alpha value is -1.35. The summed E-state index contributed by atoms with van der Waals surface area (Å²) in [5.74, 6) is -0.0188. The molecule has 3 N–H and O–H groups in total. The van der Waals surface area contributed by atoms with Crippen molar-refractivity contribution in [3.8, 4) is 0 Å². The van der Waals surface area contributed by atoms with Crippen molar-refractivity contribution in [2.24, 2.45) is 5.73 Å². The molecule has 1 amide bonds. The molecular formula is C14H22N2O. The van der Waals surface area contributed by atoms with Gasteiger partial charge in [0, 0.05) is 18.2 Å². The predicted octanol–water partition coefficient (Wildman–Crippen LogP) is 2.24. The SMILES string of the molecule is CCCCC(CN)NC(=O)c1ccccc1C. The molecule has 1 atom stereocenters. The summed E-state index contributed by atoms with van der Waals surface area (Å²) in [5, 5.41) is 2.99. The average molecular weight is 234 g/mol. The first-order valence-corrected chi connectivity index (χ1v) is 6.25. The molecule has 3 heteroatoms. The number of rotatable bonds is 6. The molecule has 1 aromatic rings. The second kappa shape index (κ2) is 7.07. The Morgan fingerprint density at radius 1 is 1.41 bits per heavy atom. The molecule has 0 spiro atoms. The van der Waals surface area contributed by atoms with Crippen LogP contribution in [0, 0.1) is 6.92 Å². The molecule has 0 aromatic heterocycles. The number of hydrogen-bond donors (Lipinski definition) is 2. The zero-order chi connectivity index (χ0) is 12.7. The fraction of sp³-hybridized carbons (Fsp3) is 0.500. The highest BCUT2D eigenvalue weighted by molar-refractivity contribution is 5.95. The number of nitrogens with two attached hydrogens (primary N) is 1. The van der Waals surface area contributed by atoms with Crippen LogP contribution >= 0.6 is 0 Å². The third-order valence-corrected chi connectivity index (χ3v) is 2.92. The predicted molar refractivity (Wildman–Crippen MR) is 71.0 cm³/mol. The van der Waals surface area contributed by atoms with Crippen molar-refractivity contribution in [3.05, 3.63) is 35.4 Å². The Morgan fingerprint density at radius 2 is 2.12 bits per heavy atom. The van der Waals surface area contributed by atoms with Crippen molar-refractivity contribution >= 4 is 5.91 Å². The zero-order valence-corrected chi connectivity index (χ0v) is 10.7. The van der Waals surface area contributed by atoms with Crippen LogP contribution in [0.4, 0.5) is 0 Å². The van der Waals surface area contributed by atoms with Crippen LogP contribution in [0.25, 0.3) is 0 Å². The molecule has 1 unspecified atom stereocenters. The first kappa shape index (κ1) is 13.7. The van der Waals surface area contributed by atoms with E-state index in [-0.39, 0.29) is 11.9 Å². The number of nitrogens with one attached hydrogen (secondary N) is 1. The molecule has 0 saturated carbocycles. The number of aryl methyl sites for hydroxylation is 1. The molecule has 0 radical (unpaired) electrons. The Labute approximate surface area is 103 Å². The van der Waals surface area contributed by atoms with Crippen LogP contribution in [-0.2, 0) is 0 Å². The molecule has 0 aliphatic heterocycles. The minimum absolute atomic E-state index is 0.0188. The lowest BCUT2D eigenvalue weighted by Crippen LogP contribution is -2.40. The molecule has 3 nitrogen and oxygen atoms in total. The largest absolute Gasteiger partial charge is 0.348 e. The highest BCUT2D eigenvalue weighted by Gasteiger charge is 2.13. The number of benzene rings is 1. The van der Waals surface area contributed by atoms with Gasteiger partial charge in [0.1, 0.15) is 0 Å². The van der Waals surface area contributed by atoms with Crippen molar-refractivity contribution in [2.45, 2.75) is 39.2 Å². The van der Waals surface area contributed by atoms with Crippen molar-refractivity contribution < 1.29 is 4.79 Å². The Kier molecular flexibility index (Phi) is 5.70. The topological polar surface area (TPSA) is 55.1 Å². The third-order valence-electron chi connectivity index (χ3n) is 2.92. The summed E-state index contributed by atoms with van der Waals surface area (Å²) in [7, 11) is 0. The smallest absolute Gasteiger partial charge is 0.251 e. The number of carbonyl (C=O) groups is 1. The molecule has 0 saturated heterocycles. The van der Waals surface area contributed by atoms with E-state index in [1.54, 1.807) is 0 Å². The van der Waals surface area contributed by atoms with Gasteiger partial charge in [-0.05, 0) is 25.0 Å². The van der Waals surface area contributed by atoms with E-state index >= 15 is 0 Å². The van der Waals surface area contributed by atoms with Crippen LogP contribution in [0.3, 0.4) is 0 Å². The van der Waals surface area contributed by atoms with Gasteiger partial charge in [-0.15, -0.1) is 0 Å². The molecular weight excluding hydrogens is 212 g/mol. The van der Waals surface area contributed by atoms with Crippen molar-refractivity contribution in [1.82, 2.24) is 5.32 Å². The zero-order valence-electron chi connectivity index (χ0n) is 10.7. The van der Waals surface area contributed by atoms with Crippen LogP contribution in [0.15, 0.2) is 24.3 Å². The van der Waals surface area contributed by atoms with Crippen LogP contribution in [0.5, 0.6) is 0 Å². The van der Waals surface area contributed by atoms with Crippen molar-refractivity contribution in [1.29, 1.82) is 0 Å². The van der Waals surface area contributed by atoms with Crippen molar-refractivity contribution in [3.63, 3.8) is 0 Å². The molecule has 1 rings (SSSR count). The number of hydrogen-bond acceptors (Lipinski definition) is 2. The van der Waals surface area contributed by atoms with Gasteiger partial charge < -0.3 is 11.1 Å². The maximum Gasteiger partial charge on any atom is 0.251 e. The molecule has 0 heterocycles. The molecule has 17 heavy (non-hydrogen) atoms. The van der Waals surface area contributed by atoms with E-state index in [9.17, 15) is 4.79 Å². The molecule has 0 bridgehead atoms. The summed E-state index contributed by atoms with van der Waals surface area (Å²) in [4.78, 5) is 12.0. The van der Waals surface area contributed by atoms with Crippen LogP contribution in [0.1, 0.15) is 42.1 Å². The van der Waals surface area contributed by atoms with E-state index in [0.717, 1.165) is 30.4 Å². The molecule has 0 fully saturated rings. The Balaban J connectivity index is 2.61. The Bertz CT molecular complexity index is 363. The summed E-state index contributed by atoms with van der Waals surface area (Å²) in [5.41, 5.74) is 7.40. The second-order valence-corrected chi connectivity index (χ2v) is 4.36. The fourth-order valence-corrected chi connectivity index (χ4v) is 1.79. The van der Waals surface area contributed by atoms with E-state index in [0.29, 0.717) is 6.54 Å². The van der Waals surface area contributed by atoms with E-state index in [1.165, 1.54) is 0 Å². The van der Waals surface area contributed by atoms with Gasteiger partial charge in [0.2, 0.25) is 0 Å². The van der Waals surface area contributed by atoms with E-state index in [4.69, 9.17) is 5.73 Å². The number of carbonyl (C=O) groups excluding carboxylic acids is 1. The first-order chi connectivity index (χ1) is 8.19. The monoisotopic (exact) mass is 234 g/mol. The van der Waals surface area contributed by atoms with Gasteiger partial charge in [-0.25, -0.2) is 0 Å². The van der Waals surface area contributed by atoms with Gasteiger partial charge in [0.05, 0.1) is 0 Å². The summed E-state index contributed by atoms with van der Waals surface area (Å²) >= 11 is 0. The highest BCUT2D eigenvalue weighted by Crippen LogP contribution is 2.08. The maximum absolute atomic E-state index is 12.0. The van der Waals surface area contributed by atoms with Crippen LogP contribution < -0.4 is 11.1 Å². The van der Waals surface area contributed by atoms with Crippen LogP contribution in [-0.4, -0.2) is 18.5 Å². The molecule has 0 aliphatic rings. The van der Waals surface area contributed by atoms with Crippen LogP contribution in [0.2, 0.25) is 0 Å². The number of unbranched alkanes of at least 4 members (excludes halogenated alkanes) is 1. The van der Waals surface area contributed by atoms with E-state index < -0.39 is 0 Å². The van der Waals surface area contributed by atoms with Crippen molar-refractivity contribution in [2.75, 3.05) is 6.54 Å². The quantitative estimate of drug-likeness (QED) is 0.793. The molecule has 1 aromatic carbocycles. The maximum atomic E-state index is 12.0. The van der Waals surface area contributed by atoms with Gasteiger partial charge in [-0.1, -0.05) is 38.0 Å². The summed E-state index contributed by atoms with van der Waals surface area (Å²) < 4.78 is 0. The third kappa shape index (κ3) is 4.19. The summed E-state index contributed by atoms with van der Waals surface area (Å²) in [6.07, 6.45) is 3.16. The summed E-state index contributed by atoms with van der Waals surface area (Å²) in [6.45, 7) is 4.58. The standard InChI is InChI=1S/C14H22N2O/c1-3-4-8-12(10-15)16-14(17)13-9-6-5-7-11(13)2/h5-7,9,12H,3-4,8,10,15H2,1-2H3,(H,16,17). The Morgan fingerprint density at radius 3 is 2.71 bits per heavy atom. The highest BCUT2D eigenvalue weighted by atomic mass is 16.1. The summed E-state index contributed by atoms with van der Waals surface area (Å²) in [6, 6.07) is 7.69. The fourth-order valence-electron chi connectivity index (χ4n) is 1.79. The molecule has 94 valence electrons. The first-order valence-electron chi connectivity index (χ1n) is 6.25. The second-order valence-electron chi connectivity index (χ2n) is 4.36. The molecule has 0 aliphatic carbocycles. The lowest BCUT2D eigenvalue weighted by molar-refractivity contribution is 0.0935. The average Bonchev–Trinajstić information content (AvgIpc) is 2.34. The van der Waals surface area contributed by atoms with Gasteiger partial charge in [0.25, 0.3) is 5.91 Å². The number of amides is 1. The normalized spacial score (nSPS) is 12.2. The van der Waals surface area contributed by atoms with E-state index in [2.05, 4.69) is 12.2 Å². The van der Waals surface area contributed by atoms with Gasteiger partial charge in [-0.3, -0.25) is 4.79 Å². The van der Waals surface area contributed by atoms with Gasteiger partial charge >= 0.3 is 0 Å².